The Bertz CT molecular complexity index is 866. The monoisotopic (exact) mass is 358 g/mol. The topological polar surface area (TPSA) is 112 Å². The molecular formula is C20H22O6. The maximum absolute atomic E-state index is 13.1. The van der Waals surface area contributed by atoms with Crippen molar-refractivity contribution in [2.45, 2.75) is 45.1 Å². The average molecular weight is 358 g/mol. The molecule has 138 valence electrons. The van der Waals surface area contributed by atoms with Crippen LogP contribution < -0.4 is 0 Å². The van der Waals surface area contributed by atoms with Crippen LogP contribution in [0.1, 0.15) is 39.5 Å². The first-order chi connectivity index (χ1) is 12.0. The fraction of sp³-hybridized carbons (Fsp3) is 0.550. The smallest absolute Gasteiger partial charge is 0.313 e. The van der Waals surface area contributed by atoms with E-state index < -0.39 is 45.1 Å². The van der Waals surface area contributed by atoms with Crippen molar-refractivity contribution in [1.82, 2.24) is 0 Å². The van der Waals surface area contributed by atoms with Gasteiger partial charge in [0.15, 0.2) is 17.1 Å². The number of aliphatic carboxylic acids is 1. The molecule has 26 heavy (non-hydrogen) atoms. The number of allylic oxidation sites excluding steroid dienone is 3. The summed E-state index contributed by atoms with van der Waals surface area (Å²) in [6.45, 7) is 6.90. The van der Waals surface area contributed by atoms with E-state index in [1.807, 2.05) is 0 Å². The van der Waals surface area contributed by atoms with Gasteiger partial charge in [-0.25, -0.2) is 0 Å². The van der Waals surface area contributed by atoms with Gasteiger partial charge in [0.05, 0.1) is 5.41 Å². The molecule has 0 aromatic rings. The highest BCUT2D eigenvalue weighted by Gasteiger charge is 2.80. The Morgan fingerprint density at radius 2 is 2.00 bits per heavy atom. The number of fused-ring (bicyclic) bond motifs is 1. The van der Waals surface area contributed by atoms with Gasteiger partial charge in [-0.15, -0.1) is 6.58 Å². The molecule has 0 amide bonds. The van der Waals surface area contributed by atoms with Crippen molar-refractivity contribution < 1.29 is 29.7 Å². The van der Waals surface area contributed by atoms with Crippen LogP contribution in [-0.4, -0.2) is 38.5 Å². The Balaban J connectivity index is 2.06. The van der Waals surface area contributed by atoms with E-state index in [0.29, 0.717) is 12.8 Å². The molecule has 0 aromatic carbocycles. The number of carboxylic acids is 1. The number of rotatable bonds is 2. The van der Waals surface area contributed by atoms with Crippen LogP contribution in [0.3, 0.4) is 0 Å². The van der Waals surface area contributed by atoms with E-state index >= 15 is 0 Å². The maximum atomic E-state index is 13.1. The molecular weight excluding hydrogens is 336 g/mol. The van der Waals surface area contributed by atoms with Gasteiger partial charge < -0.3 is 15.3 Å². The molecule has 5 atom stereocenters. The number of carbonyl (C=O) groups is 3. The fourth-order valence-corrected chi connectivity index (χ4v) is 5.58. The molecule has 5 unspecified atom stereocenters. The lowest BCUT2D eigenvalue weighted by atomic mass is 9.52. The summed E-state index contributed by atoms with van der Waals surface area (Å²) in [4.78, 5) is 38.0. The van der Waals surface area contributed by atoms with E-state index in [2.05, 4.69) is 6.58 Å². The van der Waals surface area contributed by atoms with Gasteiger partial charge in [0.25, 0.3) is 0 Å². The second-order valence-corrected chi connectivity index (χ2v) is 8.68. The molecule has 6 heteroatoms. The summed E-state index contributed by atoms with van der Waals surface area (Å²) in [6.07, 6.45) is 4.23. The van der Waals surface area contributed by atoms with Gasteiger partial charge in [0.2, 0.25) is 5.78 Å². The predicted octanol–water partition coefficient (Wildman–Crippen LogP) is 2.09. The van der Waals surface area contributed by atoms with Gasteiger partial charge in [-0.3, -0.25) is 14.4 Å². The summed E-state index contributed by atoms with van der Waals surface area (Å²) in [6, 6.07) is 0. The Morgan fingerprint density at radius 3 is 2.58 bits per heavy atom. The van der Waals surface area contributed by atoms with E-state index in [4.69, 9.17) is 0 Å². The Morgan fingerprint density at radius 1 is 1.35 bits per heavy atom. The van der Waals surface area contributed by atoms with Crippen LogP contribution in [-0.2, 0) is 14.4 Å². The molecule has 4 aliphatic rings. The van der Waals surface area contributed by atoms with Crippen molar-refractivity contribution in [3.63, 3.8) is 0 Å². The first-order valence-electron chi connectivity index (χ1n) is 8.83. The molecule has 0 aliphatic heterocycles. The lowest BCUT2D eigenvalue weighted by molar-refractivity contribution is -0.155. The highest BCUT2D eigenvalue weighted by molar-refractivity contribution is 6.18. The van der Waals surface area contributed by atoms with E-state index in [-0.39, 0.29) is 29.9 Å². The molecule has 3 N–H and O–H groups in total. The summed E-state index contributed by atoms with van der Waals surface area (Å²) in [5.41, 5.74) is -5.63. The Hall–Kier alpha value is -2.21. The van der Waals surface area contributed by atoms with Gasteiger partial charge in [0.1, 0.15) is 0 Å². The number of Topliss-reactive ketones (excluding diaryl/α,β-unsaturated/α-hetero) is 2. The molecule has 1 spiro atoms. The summed E-state index contributed by atoms with van der Waals surface area (Å²) in [7, 11) is 0. The lowest BCUT2D eigenvalue weighted by Gasteiger charge is -2.51. The molecule has 2 saturated carbocycles. The molecule has 4 aliphatic carbocycles. The lowest BCUT2D eigenvalue weighted by Crippen LogP contribution is -2.62. The number of hydrogen-bond acceptors (Lipinski definition) is 5. The molecule has 0 bridgehead atoms. The fourth-order valence-electron chi connectivity index (χ4n) is 5.58. The number of carbonyl (C=O) groups excluding carboxylic acids is 2. The number of aliphatic hydroxyl groups is 2. The summed E-state index contributed by atoms with van der Waals surface area (Å²) in [5, 5.41) is 32.1. The predicted molar refractivity (Wildman–Crippen MR) is 91.1 cm³/mol. The van der Waals surface area contributed by atoms with Crippen molar-refractivity contribution in [1.29, 1.82) is 0 Å². The molecule has 0 aromatic heterocycles. The van der Waals surface area contributed by atoms with Crippen LogP contribution in [0, 0.1) is 22.2 Å². The minimum atomic E-state index is -2.07. The minimum Gasteiger partial charge on any atom is -0.504 e. The summed E-state index contributed by atoms with van der Waals surface area (Å²) < 4.78 is 0. The molecule has 4 rings (SSSR count). The van der Waals surface area contributed by atoms with Gasteiger partial charge >= 0.3 is 5.97 Å². The van der Waals surface area contributed by atoms with Crippen molar-refractivity contribution in [3.8, 4) is 0 Å². The quantitative estimate of drug-likeness (QED) is 0.652. The molecule has 6 nitrogen and oxygen atoms in total. The highest BCUT2D eigenvalue weighted by atomic mass is 16.4. The molecule has 0 radical (unpaired) electrons. The number of hydrogen-bond donors (Lipinski definition) is 3. The van der Waals surface area contributed by atoms with E-state index in [1.54, 1.807) is 13.0 Å². The normalized spacial score (nSPS) is 46.7. The SMILES string of the molecule is C=CC1(C)C=C2C(=O)C(O)=C3C(C)(C(=O)O)CCC4CC34C2(O)C(=O)C1. The van der Waals surface area contributed by atoms with E-state index in [1.165, 1.54) is 13.0 Å². The van der Waals surface area contributed by atoms with Crippen molar-refractivity contribution in [2.75, 3.05) is 0 Å². The van der Waals surface area contributed by atoms with Crippen molar-refractivity contribution in [2.24, 2.45) is 22.2 Å². The summed E-state index contributed by atoms with van der Waals surface area (Å²) in [5.74, 6) is -3.26. The van der Waals surface area contributed by atoms with Crippen LogP contribution in [0.2, 0.25) is 0 Å². The zero-order valence-corrected chi connectivity index (χ0v) is 14.8. The Labute approximate surface area is 150 Å². The minimum absolute atomic E-state index is 0.0178. The first-order valence-corrected chi connectivity index (χ1v) is 8.83. The third-order valence-corrected chi connectivity index (χ3v) is 7.19. The third kappa shape index (κ3) is 1.60. The van der Waals surface area contributed by atoms with E-state index in [0.717, 1.165) is 0 Å². The number of aliphatic hydroxyl groups excluding tert-OH is 1. The first kappa shape index (κ1) is 17.2. The second-order valence-electron chi connectivity index (χ2n) is 8.68. The van der Waals surface area contributed by atoms with Crippen LogP contribution in [0.5, 0.6) is 0 Å². The van der Waals surface area contributed by atoms with Gasteiger partial charge in [-0.2, -0.15) is 0 Å². The van der Waals surface area contributed by atoms with Crippen molar-refractivity contribution in [3.05, 3.63) is 35.6 Å². The van der Waals surface area contributed by atoms with Crippen molar-refractivity contribution >= 4 is 17.5 Å². The van der Waals surface area contributed by atoms with Gasteiger partial charge in [0, 0.05) is 28.4 Å². The number of carboxylic acid groups (broad SMARTS) is 1. The Kier molecular flexibility index (Phi) is 3.01. The zero-order valence-electron chi connectivity index (χ0n) is 14.8. The largest absolute Gasteiger partial charge is 0.504 e. The zero-order chi connectivity index (χ0) is 19.3. The second kappa shape index (κ2) is 4.55. The van der Waals surface area contributed by atoms with Crippen LogP contribution in [0.25, 0.3) is 0 Å². The molecule has 0 heterocycles. The van der Waals surface area contributed by atoms with E-state index in [9.17, 15) is 29.7 Å². The molecule has 0 saturated heterocycles. The third-order valence-electron chi connectivity index (χ3n) is 7.19. The van der Waals surface area contributed by atoms with Gasteiger partial charge in [-0.1, -0.05) is 19.1 Å². The number of ketones is 2. The van der Waals surface area contributed by atoms with Crippen LogP contribution in [0.15, 0.2) is 35.6 Å². The average Bonchev–Trinajstić information content (AvgIpc) is 3.31. The maximum Gasteiger partial charge on any atom is 0.313 e. The van der Waals surface area contributed by atoms with Crippen LogP contribution >= 0.6 is 0 Å². The molecule has 2 fully saturated rings. The highest BCUT2D eigenvalue weighted by Crippen LogP contribution is 2.77. The van der Waals surface area contributed by atoms with Crippen LogP contribution in [0.4, 0.5) is 0 Å². The summed E-state index contributed by atoms with van der Waals surface area (Å²) >= 11 is 0. The standard InChI is InChI=1S/C20H22O6/c1-4-17(2)8-11-13(22)14(23)15-18(3,16(24)25)6-5-10-7-19(10,15)20(11,26)12(21)9-17/h4,8,10,23,26H,1,5-7,9H2,2-3H3,(H,24,25). The van der Waals surface area contributed by atoms with Gasteiger partial charge in [-0.05, 0) is 32.1 Å².